The van der Waals surface area contributed by atoms with Crippen LogP contribution in [0.4, 0.5) is 0 Å². The fourth-order valence-electron chi connectivity index (χ4n) is 1.39. The van der Waals surface area contributed by atoms with Gasteiger partial charge < -0.3 is 5.01 Å². The van der Waals surface area contributed by atoms with Gasteiger partial charge in [-0.2, -0.15) is 5.10 Å². The van der Waals surface area contributed by atoms with E-state index in [-0.39, 0.29) is 0 Å². The van der Waals surface area contributed by atoms with Crippen LogP contribution in [0.2, 0.25) is 0 Å². The van der Waals surface area contributed by atoms with Gasteiger partial charge in [-0.1, -0.05) is 0 Å². The van der Waals surface area contributed by atoms with Gasteiger partial charge in [-0.3, -0.25) is 4.57 Å². The van der Waals surface area contributed by atoms with Crippen molar-refractivity contribution in [2.24, 2.45) is 5.10 Å². The molecule has 2 heterocycles. The van der Waals surface area contributed by atoms with Crippen molar-refractivity contribution in [3.05, 3.63) is 40.6 Å². The zero-order chi connectivity index (χ0) is 11.5. The minimum Gasteiger partial charge on any atom is -0.301 e. The summed E-state index contributed by atoms with van der Waals surface area (Å²) >= 11 is 1.69. The number of thiophene rings is 1. The van der Waals surface area contributed by atoms with Crippen LogP contribution < -0.4 is 0 Å². The van der Waals surface area contributed by atoms with Crippen molar-refractivity contribution in [2.75, 3.05) is 14.1 Å². The second-order valence-electron chi connectivity index (χ2n) is 3.67. The predicted octanol–water partition coefficient (Wildman–Crippen LogP) is 2.02. The number of imidazole rings is 1. The molecule has 0 saturated carbocycles. The molecular formula is C11H14N4S. The van der Waals surface area contributed by atoms with Gasteiger partial charge >= 0.3 is 0 Å². The monoisotopic (exact) mass is 234 g/mol. The number of hydrogen-bond donors (Lipinski definition) is 0. The summed E-state index contributed by atoms with van der Waals surface area (Å²) in [4.78, 5) is 5.23. The van der Waals surface area contributed by atoms with E-state index in [9.17, 15) is 0 Å². The summed E-state index contributed by atoms with van der Waals surface area (Å²) in [5, 5.41) is 8.38. The molecule has 2 aromatic rings. The fourth-order valence-corrected chi connectivity index (χ4v) is 2.30. The van der Waals surface area contributed by atoms with Crippen LogP contribution in [0.15, 0.2) is 35.3 Å². The van der Waals surface area contributed by atoms with Gasteiger partial charge in [0.15, 0.2) is 5.84 Å². The van der Waals surface area contributed by atoms with Crippen LogP contribution in [0.25, 0.3) is 0 Å². The zero-order valence-electron chi connectivity index (χ0n) is 9.58. The number of nitrogens with zero attached hydrogens (tertiary/aromatic N) is 4. The lowest BCUT2D eigenvalue weighted by atomic mass is 10.3. The molecule has 0 bridgehead atoms. The molecule has 0 N–H and O–H groups in total. The number of hydrogen-bond acceptors (Lipinski definition) is 4. The molecule has 0 aliphatic rings. The quantitative estimate of drug-likeness (QED) is 0.452. The van der Waals surface area contributed by atoms with Gasteiger partial charge in [0.25, 0.3) is 0 Å². The highest BCUT2D eigenvalue weighted by Crippen LogP contribution is 2.17. The summed E-state index contributed by atoms with van der Waals surface area (Å²) in [6.45, 7) is 2.09. The maximum atomic E-state index is 4.51. The molecule has 0 atom stereocenters. The number of aromatic nitrogens is 2. The van der Waals surface area contributed by atoms with E-state index in [1.54, 1.807) is 28.9 Å². The molecule has 0 spiro atoms. The van der Waals surface area contributed by atoms with E-state index in [2.05, 4.69) is 28.5 Å². The summed E-state index contributed by atoms with van der Waals surface area (Å²) in [6, 6.07) is 2.10. The maximum absolute atomic E-state index is 4.51. The first-order valence-electron chi connectivity index (χ1n) is 4.97. The maximum Gasteiger partial charge on any atom is 0.175 e. The number of aryl methyl sites for hydroxylation is 1. The highest BCUT2D eigenvalue weighted by molar-refractivity contribution is 7.12. The van der Waals surface area contributed by atoms with E-state index < -0.39 is 0 Å². The third-order valence-electron chi connectivity index (χ3n) is 2.11. The number of hydrazone groups is 1. The van der Waals surface area contributed by atoms with Crippen LogP contribution in [0.1, 0.15) is 10.4 Å². The van der Waals surface area contributed by atoms with Crippen LogP contribution in [0, 0.1) is 6.92 Å². The summed E-state index contributed by atoms with van der Waals surface area (Å²) in [6.07, 6.45) is 5.43. The lowest BCUT2D eigenvalue weighted by Gasteiger charge is -2.11. The molecule has 0 fully saturated rings. The molecule has 0 aromatic carbocycles. The Morgan fingerprint density at radius 3 is 2.81 bits per heavy atom. The zero-order valence-corrected chi connectivity index (χ0v) is 10.4. The normalized spacial score (nSPS) is 11.8. The summed E-state index contributed by atoms with van der Waals surface area (Å²) in [5.41, 5.74) is 1.24. The van der Waals surface area contributed by atoms with Crippen LogP contribution >= 0.6 is 11.3 Å². The molecule has 0 aliphatic carbocycles. The lowest BCUT2D eigenvalue weighted by molar-refractivity contribution is 0.436. The van der Waals surface area contributed by atoms with E-state index >= 15 is 0 Å². The molecule has 0 aliphatic heterocycles. The second-order valence-corrected chi connectivity index (χ2v) is 4.59. The van der Waals surface area contributed by atoms with Gasteiger partial charge in [0.2, 0.25) is 0 Å². The molecule has 0 radical (unpaired) electrons. The first kappa shape index (κ1) is 10.9. The summed E-state index contributed by atoms with van der Waals surface area (Å²) in [5.74, 6) is 0.912. The van der Waals surface area contributed by atoms with Crippen molar-refractivity contribution in [3.63, 3.8) is 0 Å². The third kappa shape index (κ3) is 2.14. The third-order valence-corrected chi connectivity index (χ3v) is 3.12. The first-order chi connectivity index (χ1) is 7.68. The van der Waals surface area contributed by atoms with Crippen molar-refractivity contribution < 1.29 is 0 Å². The summed E-state index contributed by atoms with van der Waals surface area (Å²) in [7, 11) is 3.83. The molecule has 16 heavy (non-hydrogen) atoms. The van der Waals surface area contributed by atoms with Gasteiger partial charge in [0.1, 0.15) is 6.33 Å². The Hall–Kier alpha value is -1.62. The second kappa shape index (κ2) is 4.49. The van der Waals surface area contributed by atoms with E-state index in [0.717, 1.165) is 5.84 Å². The van der Waals surface area contributed by atoms with Crippen LogP contribution in [-0.2, 0) is 0 Å². The van der Waals surface area contributed by atoms with Crippen molar-refractivity contribution in [1.82, 2.24) is 14.6 Å². The Balaban J connectivity index is 2.49. The molecule has 0 unspecified atom stereocenters. The Labute approximate surface area is 98.9 Å². The van der Waals surface area contributed by atoms with Crippen molar-refractivity contribution in [1.29, 1.82) is 0 Å². The van der Waals surface area contributed by atoms with Gasteiger partial charge in [0.05, 0.1) is 4.88 Å². The van der Waals surface area contributed by atoms with E-state index in [1.807, 2.05) is 24.9 Å². The highest BCUT2D eigenvalue weighted by atomic mass is 32.1. The van der Waals surface area contributed by atoms with Crippen LogP contribution in [-0.4, -0.2) is 34.5 Å². The Kier molecular flexibility index (Phi) is 3.05. The fraction of sp³-hybridized carbons (Fsp3) is 0.273. The first-order valence-corrected chi connectivity index (χ1v) is 5.85. The molecule has 0 amide bonds. The van der Waals surface area contributed by atoms with Crippen LogP contribution in [0.5, 0.6) is 0 Å². The van der Waals surface area contributed by atoms with Crippen molar-refractivity contribution in [2.45, 2.75) is 6.92 Å². The Morgan fingerprint density at radius 2 is 2.31 bits per heavy atom. The minimum atomic E-state index is 0.912. The summed E-state index contributed by atoms with van der Waals surface area (Å²) < 4.78 is 1.93. The highest BCUT2D eigenvalue weighted by Gasteiger charge is 2.10. The molecule has 5 heteroatoms. The lowest BCUT2D eigenvalue weighted by Crippen LogP contribution is -2.16. The topological polar surface area (TPSA) is 33.4 Å². The average molecular weight is 234 g/mol. The predicted molar refractivity (Wildman–Crippen MR) is 66.9 cm³/mol. The molecular weight excluding hydrogens is 220 g/mol. The van der Waals surface area contributed by atoms with Gasteiger partial charge in [0, 0.05) is 26.5 Å². The van der Waals surface area contributed by atoms with E-state index in [4.69, 9.17) is 0 Å². The molecule has 2 aromatic heterocycles. The smallest absolute Gasteiger partial charge is 0.175 e. The SMILES string of the molecule is Cc1ccsc1C(=NN(C)C)n1ccnc1. The van der Waals surface area contributed by atoms with E-state index in [1.165, 1.54) is 10.4 Å². The largest absolute Gasteiger partial charge is 0.301 e. The standard InChI is InChI=1S/C11H14N4S/c1-9-4-7-16-10(9)11(13-14(2)3)15-6-5-12-8-15/h4-8H,1-3H3. The van der Waals surface area contributed by atoms with Crippen molar-refractivity contribution >= 4 is 17.2 Å². The molecule has 0 saturated heterocycles. The van der Waals surface area contributed by atoms with Gasteiger partial charge in [-0.15, -0.1) is 11.3 Å². The van der Waals surface area contributed by atoms with Crippen molar-refractivity contribution in [3.8, 4) is 0 Å². The molecule has 4 nitrogen and oxygen atoms in total. The average Bonchev–Trinajstić information content (AvgIpc) is 2.84. The molecule has 84 valence electrons. The number of rotatable bonds is 2. The van der Waals surface area contributed by atoms with Crippen LogP contribution in [0.3, 0.4) is 0 Å². The molecule has 2 rings (SSSR count). The Morgan fingerprint density at radius 1 is 1.50 bits per heavy atom. The van der Waals surface area contributed by atoms with Gasteiger partial charge in [-0.25, -0.2) is 4.98 Å². The Bertz CT molecular complexity index is 482. The minimum absolute atomic E-state index is 0.912. The van der Waals surface area contributed by atoms with Gasteiger partial charge in [-0.05, 0) is 23.9 Å². The van der Waals surface area contributed by atoms with E-state index in [0.29, 0.717) is 0 Å².